The second-order valence-corrected chi connectivity index (χ2v) is 6.09. The van der Waals surface area contributed by atoms with E-state index in [4.69, 9.17) is 4.74 Å². The third-order valence-electron chi connectivity index (χ3n) is 4.82. The molecule has 0 radical (unpaired) electrons. The molecule has 3 rings (SSSR count). The van der Waals surface area contributed by atoms with Crippen molar-refractivity contribution in [3.8, 4) is 0 Å². The van der Waals surface area contributed by atoms with Crippen molar-refractivity contribution in [1.29, 1.82) is 0 Å². The Balaban J connectivity index is 1.67. The third kappa shape index (κ3) is 2.49. The largest absolute Gasteiger partial charge is 0.451 e. The van der Waals surface area contributed by atoms with E-state index in [1.54, 1.807) is 0 Å². The molecule has 0 heterocycles. The summed E-state index contributed by atoms with van der Waals surface area (Å²) in [6.07, 6.45) is 4.64. The van der Waals surface area contributed by atoms with Crippen molar-refractivity contribution < 1.29 is 19.2 Å². The van der Waals surface area contributed by atoms with Crippen LogP contribution in [0.25, 0.3) is 0 Å². The Labute approximate surface area is 127 Å². The highest BCUT2D eigenvalue weighted by molar-refractivity contribution is 5.96. The van der Waals surface area contributed by atoms with Gasteiger partial charge in [-0.15, -0.1) is 0 Å². The molecule has 2 saturated carbocycles. The number of rotatable bonds is 3. The van der Waals surface area contributed by atoms with E-state index in [1.807, 2.05) is 0 Å². The first-order valence-electron chi connectivity index (χ1n) is 7.52. The van der Waals surface area contributed by atoms with Crippen LogP contribution in [0.5, 0.6) is 0 Å². The molecule has 2 aliphatic carbocycles. The molecular formula is C16H17NO5. The molecule has 6 nitrogen and oxygen atoms in total. The van der Waals surface area contributed by atoms with Gasteiger partial charge in [-0.25, -0.2) is 4.79 Å². The molecule has 1 aromatic rings. The number of carbonyl (C=O) groups excluding carboxylic acids is 2. The summed E-state index contributed by atoms with van der Waals surface area (Å²) in [5.74, 6) is -0.538. The summed E-state index contributed by atoms with van der Waals surface area (Å²) in [7, 11) is 0. The quantitative estimate of drug-likeness (QED) is 0.486. The van der Waals surface area contributed by atoms with E-state index in [1.165, 1.54) is 24.3 Å². The topological polar surface area (TPSA) is 86.5 Å². The first-order chi connectivity index (χ1) is 10.5. The van der Waals surface area contributed by atoms with Crippen LogP contribution in [0.3, 0.4) is 0 Å². The molecule has 0 aromatic heterocycles. The van der Waals surface area contributed by atoms with Crippen molar-refractivity contribution in [3.05, 3.63) is 39.9 Å². The number of esters is 1. The van der Waals surface area contributed by atoms with E-state index in [9.17, 15) is 19.7 Å². The van der Waals surface area contributed by atoms with E-state index in [2.05, 4.69) is 0 Å². The van der Waals surface area contributed by atoms with E-state index >= 15 is 0 Å². The van der Waals surface area contributed by atoms with E-state index in [0.717, 1.165) is 32.1 Å². The highest BCUT2D eigenvalue weighted by Gasteiger charge is 2.50. The van der Waals surface area contributed by atoms with Crippen molar-refractivity contribution in [3.63, 3.8) is 0 Å². The Morgan fingerprint density at radius 1 is 1.18 bits per heavy atom. The second kappa shape index (κ2) is 5.51. The number of ketones is 1. The third-order valence-corrected chi connectivity index (χ3v) is 4.82. The van der Waals surface area contributed by atoms with Crippen LogP contribution in [-0.4, -0.2) is 22.8 Å². The molecule has 0 N–H and O–H groups in total. The fourth-order valence-corrected chi connectivity index (χ4v) is 3.58. The highest BCUT2D eigenvalue weighted by Crippen LogP contribution is 2.48. The molecule has 2 aliphatic rings. The fraction of sp³-hybridized carbons (Fsp3) is 0.500. The molecule has 0 bridgehead atoms. The van der Waals surface area contributed by atoms with Gasteiger partial charge in [0.25, 0.3) is 5.69 Å². The van der Waals surface area contributed by atoms with Crippen LogP contribution in [0.2, 0.25) is 0 Å². The lowest BCUT2D eigenvalue weighted by Crippen LogP contribution is -2.31. The monoisotopic (exact) mass is 303 g/mol. The van der Waals surface area contributed by atoms with Gasteiger partial charge in [0.15, 0.2) is 11.9 Å². The Hall–Kier alpha value is -2.24. The predicted octanol–water partition coefficient (Wildman–Crippen LogP) is 3.04. The zero-order chi connectivity index (χ0) is 15.7. The first kappa shape index (κ1) is 14.7. The molecule has 6 heteroatoms. The molecule has 0 amide bonds. The van der Waals surface area contributed by atoms with Crippen molar-refractivity contribution in [2.24, 2.45) is 5.41 Å². The molecule has 0 saturated heterocycles. The van der Waals surface area contributed by atoms with E-state index in [0.29, 0.717) is 6.42 Å². The SMILES string of the molecule is O=C(O[C@H]1CCC2(CCCC2)C1=O)c1ccc([N+](=O)[O-])cc1. The van der Waals surface area contributed by atoms with Crippen LogP contribution in [0.4, 0.5) is 5.69 Å². The number of carbonyl (C=O) groups is 2. The predicted molar refractivity (Wildman–Crippen MR) is 77.4 cm³/mol. The summed E-state index contributed by atoms with van der Waals surface area (Å²) in [5.41, 5.74) is -0.121. The molecule has 0 unspecified atom stereocenters. The number of hydrogen-bond donors (Lipinski definition) is 0. The van der Waals surface area contributed by atoms with Crippen LogP contribution >= 0.6 is 0 Å². The number of nitro benzene ring substituents is 1. The lowest BCUT2D eigenvalue weighted by Gasteiger charge is -2.20. The minimum absolute atomic E-state index is 0.0558. The van der Waals surface area contributed by atoms with Gasteiger partial charge < -0.3 is 4.74 Å². The summed E-state index contributed by atoms with van der Waals surface area (Å²) in [5, 5.41) is 10.6. The average molecular weight is 303 g/mol. The van der Waals surface area contributed by atoms with Gasteiger partial charge in [-0.2, -0.15) is 0 Å². The number of nitro groups is 1. The Morgan fingerprint density at radius 2 is 1.82 bits per heavy atom. The first-order valence-corrected chi connectivity index (χ1v) is 7.52. The molecule has 1 atom stereocenters. The number of benzene rings is 1. The summed E-state index contributed by atoms with van der Waals surface area (Å²) in [4.78, 5) is 34.6. The van der Waals surface area contributed by atoms with Crippen molar-refractivity contribution >= 4 is 17.4 Å². The normalized spacial score (nSPS) is 22.9. The van der Waals surface area contributed by atoms with Crippen molar-refractivity contribution in [1.82, 2.24) is 0 Å². The summed E-state index contributed by atoms with van der Waals surface area (Å²) >= 11 is 0. The lowest BCUT2D eigenvalue weighted by atomic mass is 9.83. The minimum Gasteiger partial charge on any atom is -0.451 e. The van der Waals surface area contributed by atoms with Gasteiger partial charge in [0.05, 0.1) is 10.5 Å². The maximum absolute atomic E-state index is 12.5. The molecule has 116 valence electrons. The summed E-state index contributed by atoms with van der Waals surface area (Å²) in [6, 6.07) is 5.22. The van der Waals surface area contributed by atoms with E-state index < -0.39 is 17.0 Å². The minimum atomic E-state index is -0.666. The van der Waals surface area contributed by atoms with Gasteiger partial charge in [-0.3, -0.25) is 14.9 Å². The molecule has 1 aromatic carbocycles. The summed E-state index contributed by atoms with van der Waals surface area (Å²) in [6.45, 7) is 0. The zero-order valence-corrected chi connectivity index (χ0v) is 12.1. The van der Waals surface area contributed by atoms with Crippen molar-refractivity contribution in [2.45, 2.75) is 44.6 Å². The Kier molecular flexibility index (Phi) is 3.68. The Bertz CT molecular complexity index is 616. The van der Waals surface area contributed by atoms with Gasteiger partial charge in [0.1, 0.15) is 0 Å². The van der Waals surface area contributed by atoms with Gasteiger partial charge in [0, 0.05) is 17.5 Å². The van der Waals surface area contributed by atoms with Crippen LogP contribution in [0.1, 0.15) is 48.9 Å². The highest BCUT2D eigenvalue weighted by atomic mass is 16.6. The van der Waals surface area contributed by atoms with Gasteiger partial charge in [-0.05, 0) is 37.8 Å². The van der Waals surface area contributed by atoms with Gasteiger partial charge in [0.2, 0.25) is 0 Å². The molecule has 1 spiro atoms. The fourth-order valence-electron chi connectivity index (χ4n) is 3.58. The van der Waals surface area contributed by atoms with Crippen LogP contribution in [0.15, 0.2) is 24.3 Å². The molecule has 2 fully saturated rings. The van der Waals surface area contributed by atoms with Crippen LogP contribution < -0.4 is 0 Å². The maximum atomic E-state index is 12.5. The maximum Gasteiger partial charge on any atom is 0.338 e. The Morgan fingerprint density at radius 3 is 2.41 bits per heavy atom. The van der Waals surface area contributed by atoms with Gasteiger partial charge >= 0.3 is 5.97 Å². The van der Waals surface area contributed by atoms with Crippen LogP contribution in [0, 0.1) is 15.5 Å². The molecule has 0 aliphatic heterocycles. The standard InChI is InChI=1S/C16H17NO5/c18-14-13(7-10-16(14)8-1-2-9-16)22-15(19)11-3-5-12(6-4-11)17(20)21/h3-6,13H,1-2,7-10H2/t13-/m0/s1. The molecular weight excluding hydrogens is 286 g/mol. The summed E-state index contributed by atoms with van der Waals surface area (Å²) < 4.78 is 5.34. The zero-order valence-electron chi connectivity index (χ0n) is 12.1. The lowest BCUT2D eigenvalue weighted by molar-refractivity contribution is -0.384. The number of hydrogen-bond acceptors (Lipinski definition) is 5. The van der Waals surface area contributed by atoms with Crippen LogP contribution in [-0.2, 0) is 9.53 Å². The number of ether oxygens (including phenoxy) is 1. The number of Topliss-reactive ketones (excluding diaryl/α,β-unsaturated/α-hetero) is 1. The van der Waals surface area contributed by atoms with E-state index in [-0.39, 0.29) is 22.4 Å². The van der Waals surface area contributed by atoms with Crippen molar-refractivity contribution in [2.75, 3.05) is 0 Å². The number of non-ortho nitro benzene ring substituents is 1. The smallest absolute Gasteiger partial charge is 0.338 e. The average Bonchev–Trinajstić information content (AvgIpc) is 3.11. The number of nitrogens with zero attached hydrogens (tertiary/aromatic N) is 1. The molecule has 22 heavy (non-hydrogen) atoms. The second-order valence-electron chi connectivity index (χ2n) is 6.09. The van der Waals surface area contributed by atoms with Gasteiger partial charge in [-0.1, -0.05) is 12.8 Å².